The summed E-state index contributed by atoms with van der Waals surface area (Å²) >= 11 is 0. The number of hydrogen-bond acceptors (Lipinski definition) is 3. The Labute approximate surface area is 120 Å². The van der Waals surface area contributed by atoms with Crippen molar-refractivity contribution in [2.24, 2.45) is 0 Å². The highest BCUT2D eigenvalue weighted by Crippen LogP contribution is 2.16. The maximum atomic E-state index is 13.5. The lowest BCUT2D eigenvalue weighted by atomic mass is 10.1. The first-order valence-corrected chi connectivity index (χ1v) is 6.56. The van der Waals surface area contributed by atoms with Crippen LogP contribution in [0.3, 0.4) is 0 Å². The maximum Gasteiger partial charge on any atom is 0.254 e. The smallest absolute Gasteiger partial charge is 0.254 e. The van der Waals surface area contributed by atoms with Crippen molar-refractivity contribution in [3.8, 4) is 0 Å². The Balaban J connectivity index is 1.78. The average Bonchev–Trinajstić information content (AvgIpc) is 2.95. The van der Waals surface area contributed by atoms with E-state index in [1.165, 1.54) is 0 Å². The molecule has 0 fully saturated rings. The third-order valence-electron chi connectivity index (χ3n) is 3.02. The van der Waals surface area contributed by atoms with Gasteiger partial charge in [-0.1, -0.05) is 0 Å². The second-order valence-corrected chi connectivity index (χ2v) is 4.62. The molecule has 3 N–H and O–H groups in total. The number of benzene rings is 1. The van der Waals surface area contributed by atoms with Crippen molar-refractivity contribution < 1.29 is 13.6 Å². The predicted octanol–water partition coefficient (Wildman–Crippen LogP) is 1.95. The van der Waals surface area contributed by atoms with Crippen molar-refractivity contribution in [2.45, 2.75) is 19.4 Å². The molecule has 0 unspecified atom stereocenters. The molecule has 7 heteroatoms. The average molecular weight is 294 g/mol. The molecule has 1 aromatic carbocycles. The Morgan fingerprint density at radius 3 is 2.81 bits per heavy atom. The van der Waals surface area contributed by atoms with Crippen LogP contribution in [0.4, 0.5) is 14.5 Å². The lowest BCUT2D eigenvalue weighted by molar-refractivity contribution is 0.0949. The molecule has 0 bridgehead atoms. The Morgan fingerprint density at radius 2 is 2.10 bits per heavy atom. The number of nitrogens with two attached hydrogens (primary N) is 1. The van der Waals surface area contributed by atoms with E-state index in [0.29, 0.717) is 12.6 Å². The van der Waals surface area contributed by atoms with Gasteiger partial charge in [0, 0.05) is 31.5 Å². The molecule has 0 aliphatic carbocycles. The summed E-state index contributed by atoms with van der Waals surface area (Å²) < 4.78 is 28.4. The quantitative estimate of drug-likeness (QED) is 0.632. The van der Waals surface area contributed by atoms with Gasteiger partial charge in [0.2, 0.25) is 0 Å². The molecule has 1 aromatic heterocycles. The van der Waals surface area contributed by atoms with Gasteiger partial charge in [0.05, 0.1) is 17.6 Å². The lowest BCUT2D eigenvalue weighted by Gasteiger charge is -2.07. The summed E-state index contributed by atoms with van der Waals surface area (Å²) in [6.07, 6.45) is 6.86. The predicted molar refractivity (Wildman–Crippen MR) is 74.6 cm³/mol. The van der Waals surface area contributed by atoms with Gasteiger partial charge in [-0.2, -0.15) is 0 Å². The fourth-order valence-electron chi connectivity index (χ4n) is 1.88. The van der Waals surface area contributed by atoms with E-state index in [1.807, 2.05) is 10.8 Å². The minimum Gasteiger partial charge on any atom is -0.396 e. The van der Waals surface area contributed by atoms with Gasteiger partial charge in [0.25, 0.3) is 5.91 Å². The zero-order valence-corrected chi connectivity index (χ0v) is 11.4. The summed E-state index contributed by atoms with van der Waals surface area (Å²) in [6, 6.07) is 1.62. The van der Waals surface area contributed by atoms with E-state index in [4.69, 9.17) is 5.73 Å². The van der Waals surface area contributed by atoms with Crippen LogP contribution in [0.2, 0.25) is 0 Å². The number of carbonyl (C=O) groups excluding carboxylic acids is 1. The van der Waals surface area contributed by atoms with E-state index in [0.717, 1.165) is 25.5 Å². The second kappa shape index (κ2) is 6.83. The molecule has 0 radical (unpaired) electrons. The molecule has 0 aliphatic rings. The van der Waals surface area contributed by atoms with E-state index >= 15 is 0 Å². The molecule has 0 saturated heterocycles. The molecule has 0 spiro atoms. The van der Waals surface area contributed by atoms with Gasteiger partial charge in [-0.3, -0.25) is 4.79 Å². The monoisotopic (exact) mass is 294 g/mol. The van der Waals surface area contributed by atoms with Gasteiger partial charge >= 0.3 is 0 Å². The van der Waals surface area contributed by atoms with Gasteiger partial charge in [-0.15, -0.1) is 0 Å². The van der Waals surface area contributed by atoms with Crippen molar-refractivity contribution in [3.63, 3.8) is 0 Å². The lowest BCUT2D eigenvalue weighted by Crippen LogP contribution is -2.25. The van der Waals surface area contributed by atoms with E-state index < -0.39 is 17.5 Å². The summed E-state index contributed by atoms with van der Waals surface area (Å²) in [4.78, 5) is 15.7. The number of anilines is 1. The number of aromatic nitrogens is 2. The highest BCUT2D eigenvalue weighted by molar-refractivity contribution is 5.95. The number of nitrogen functional groups attached to an aromatic ring is 1. The van der Waals surface area contributed by atoms with E-state index in [1.54, 1.807) is 12.5 Å². The topological polar surface area (TPSA) is 72.9 Å². The standard InChI is InChI=1S/C14H16F2N4O/c15-11-8-12(16)13(17)7-10(11)14(21)19-3-1-2-5-20-6-4-18-9-20/h4,6-9H,1-3,5,17H2,(H,19,21). The van der Waals surface area contributed by atoms with Crippen LogP contribution in [0.15, 0.2) is 30.9 Å². The Hall–Kier alpha value is -2.44. The molecule has 1 amide bonds. The summed E-state index contributed by atoms with van der Waals surface area (Å²) in [6.45, 7) is 1.21. The Kier molecular flexibility index (Phi) is 4.86. The van der Waals surface area contributed by atoms with Crippen LogP contribution in [-0.4, -0.2) is 22.0 Å². The van der Waals surface area contributed by atoms with Crippen LogP contribution in [-0.2, 0) is 6.54 Å². The summed E-state index contributed by atoms with van der Waals surface area (Å²) in [5.41, 5.74) is 4.83. The molecule has 1 heterocycles. The highest BCUT2D eigenvalue weighted by Gasteiger charge is 2.14. The van der Waals surface area contributed by atoms with Gasteiger partial charge in [-0.25, -0.2) is 13.8 Å². The highest BCUT2D eigenvalue weighted by atomic mass is 19.1. The third-order valence-corrected chi connectivity index (χ3v) is 3.02. The number of carbonyl (C=O) groups is 1. The normalized spacial score (nSPS) is 10.6. The number of nitrogens with zero attached hydrogens (tertiary/aromatic N) is 2. The molecule has 0 saturated carbocycles. The zero-order chi connectivity index (χ0) is 15.2. The number of imidazole rings is 1. The molecule has 112 valence electrons. The molecule has 0 aliphatic heterocycles. The van der Waals surface area contributed by atoms with Gasteiger partial charge in [-0.05, 0) is 18.9 Å². The third kappa shape index (κ3) is 4.01. The van der Waals surface area contributed by atoms with Gasteiger partial charge in [0.15, 0.2) is 0 Å². The fourth-order valence-corrected chi connectivity index (χ4v) is 1.88. The number of nitrogens with one attached hydrogen (secondary N) is 1. The van der Waals surface area contributed by atoms with Crippen LogP contribution in [0.25, 0.3) is 0 Å². The van der Waals surface area contributed by atoms with Crippen molar-refractivity contribution >= 4 is 11.6 Å². The summed E-state index contributed by atoms with van der Waals surface area (Å²) in [5, 5.41) is 2.58. The molecule has 2 aromatic rings. The largest absolute Gasteiger partial charge is 0.396 e. The van der Waals surface area contributed by atoms with Crippen LogP contribution >= 0.6 is 0 Å². The van der Waals surface area contributed by atoms with E-state index in [2.05, 4.69) is 10.3 Å². The molecular formula is C14H16F2N4O. The first kappa shape index (κ1) is 15.0. The molecular weight excluding hydrogens is 278 g/mol. The summed E-state index contributed by atoms with van der Waals surface area (Å²) in [7, 11) is 0. The maximum absolute atomic E-state index is 13.5. The van der Waals surface area contributed by atoms with Crippen LogP contribution in [0.5, 0.6) is 0 Å². The number of halogens is 2. The van der Waals surface area contributed by atoms with Crippen LogP contribution < -0.4 is 11.1 Å². The zero-order valence-electron chi connectivity index (χ0n) is 11.4. The van der Waals surface area contributed by atoms with Crippen molar-refractivity contribution in [2.75, 3.05) is 12.3 Å². The molecule has 0 atom stereocenters. The van der Waals surface area contributed by atoms with Crippen LogP contribution in [0.1, 0.15) is 23.2 Å². The minimum absolute atomic E-state index is 0.247. The number of rotatable bonds is 6. The van der Waals surface area contributed by atoms with Crippen molar-refractivity contribution in [1.82, 2.24) is 14.9 Å². The number of unbranched alkanes of at least 4 members (excludes halogenated alkanes) is 1. The Morgan fingerprint density at radius 1 is 1.29 bits per heavy atom. The number of amides is 1. The van der Waals surface area contributed by atoms with E-state index in [9.17, 15) is 13.6 Å². The van der Waals surface area contributed by atoms with Crippen molar-refractivity contribution in [1.29, 1.82) is 0 Å². The number of aryl methyl sites for hydroxylation is 1. The Bertz CT molecular complexity index is 614. The first-order chi connectivity index (χ1) is 10.1. The summed E-state index contributed by atoms with van der Waals surface area (Å²) in [5.74, 6) is -2.39. The minimum atomic E-state index is -0.919. The van der Waals surface area contributed by atoms with Crippen LogP contribution in [0, 0.1) is 11.6 Å². The SMILES string of the molecule is Nc1cc(C(=O)NCCCCn2ccnc2)c(F)cc1F. The van der Waals surface area contributed by atoms with E-state index in [-0.39, 0.29) is 11.3 Å². The molecule has 5 nitrogen and oxygen atoms in total. The molecule has 2 rings (SSSR count). The van der Waals surface area contributed by atoms with Gasteiger partial charge < -0.3 is 15.6 Å². The second-order valence-electron chi connectivity index (χ2n) is 4.62. The van der Waals surface area contributed by atoms with Gasteiger partial charge in [0.1, 0.15) is 11.6 Å². The first-order valence-electron chi connectivity index (χ1n) is 6.56. The fraction of sp³-hybridized carbons (Fsp3) is 0.286. The van der Waals surface area contributed by atoms with Crippen molar-refractivity contribution in [3.05, 3.63) is 48.1 Å². The number of hydrogen-bond donors (Lipinski definition) is 2. The molecule has 21 heavy (non-hydrogen) atoms.